The van der Waals surface area contributed by atoms with Crippen molar-refractivity contribution < 1.29 is 9.47 Å². The van der Waals surface area contributed by atoms with Gasteiger partial charge in [0.25, 0.3) is 0 Å². The Labute approximate surface area is 201 Å². The van der Waals surface area contributed by atoms with Gasteiger partial charge < -0.3 is 9.47 Å². The maximum absolute atomic E-state index is 6.51. The molecule has 3 heterocycles. The van der Waals surface area contributed by atoms with Crippen LogP contribution in [0.25, 0.3) is 31.3 Å². The van der Waals surface area contributed by atoms with Gasteiger partial charge in [-0.25, -0.2) is 0 Å². The van der Waals surface area contributed by atoms with E-state index in [0.717, 1.165) is 28.6 Å². The second kappa shape index (κ2) is 6.93. The zero-order valence-electron chi connectivity index (χ0n) is 18.0. The van der Waals surface area contributed by atoms with Gasteiger partial charge in [-0.05, 0) is 41.5 Å². The third-order valence-electron chi connectivity index (χ3n) is 6.63. The number of benzene rings is 5. The zero-order valence-corrected chi connectivity index (χ0v) is 19.7. The van der Waals surface area contributed by atoms with Crippen LogP contribution in [0.15, 0.2) is 103 Å². The number of rotatable bonds is 1. The van der Waals surface area contributed by atoms with E-state index < -0.39 is 7.92 Å². The number of hydrogen-bond donors (Lipinski definition) is 0. The predicted octanol–water partition coefficient (Wildman–Crippen LogP) is 7.69. The molecule has 0 unspecified atom stereocenters. The lowest BCUT2D eigenvalue weighted by atomic mass is 10.0. The third kappa shape index (κ3) is 2.54. The first-order chi connectivity index (χ1) is 16.8. The Morgan fingerprint density at radius 1 is 0.559 bits per heavy atom. The topological polar surface area (TPSA) is 18.5 Å². The molecule has 4 heteroatoms. The lowest BCUT2D eigenvalue weighted by molar-refractivity contribution is 0.467. The van der Waals surface area contributed by atoms with Crippen molar-refractivity contribution in [2.45, 2.75) is 0 Å². The highest BCUT2D eigenvalue weighted by Gasteiger charge is 2.37. The molecule has 0 amide bonds. The summed E-state index contributed by atoms with van der Waals surface area (Å²) < 4.78 is 15.6. The molecule has 0 bridgehead atoms. The molecule has 0 radical (unpaired) electrons. The van der Waals surface area contributed by atoms with Crippen LogP contribution in [-0.2, 0) is 0 Å². The number of hydrogen-bond acceptors (Lipinski definition) is 3. The quantitative estimate of drug-likeness (QED) is 0.228. The highest BCUT2D eigenvalue weighted by molar-refractivity contribution is 7.80. The van der Waals surface area contributed by atoms with Crippen LogP contribution in [0, 0.1) is 0 Å². The van der Waals surface area contributed by atoms with Crippen molar-refractivity contribution >= 4 is 55.3 Å². The molecule has 160 valence electrons. The van der Waals surface area contributed by atoms with E-state index in [0.29, 0.717) is 0 Å². The summed E-state index contributed by atoms with van der Waals surface area (Å²) >= 11 is 1.85. The van der Waals surface area contributed by atoms with Gasteiger partial charge in [-0.15, -0.1) is 11.3 Å². The second-order valence-corrected chi connectivity index (χ2v) is 11.7. The Morgan fingerprint density at radius 2 is 1.18 bits per heavy atom. The Kier molecular flexibility index (Phi) is 3.82. The summed E-state index contributed by atoms with van der Waals surface area (Å²) in [5.41, 5.74) is 2.34. The molecule has 0 N–H and O–H groups in total. The van der Waals surface area contributed by atoms with E-state index in [9.17, 15) is 0 Å². The summed E-state index contributed by atoms with van der Waals surface area (Å²) in [6.45, 7) is 0. The van der Waals surface area contributed by atoms with Gasteiger partial charge in [-0.3, -0.25) is 0 Å². The molecule has 0 saturated heterocycles. The summed E-state index contributed by atoms with van der Waals surface area (Å²) in [5.74, 6) is 3.71. The highest BCUT2D eigenvalue weighted by Crippen LogP contribution is 2.54. The minimum Gasteiger partial charge on any atom is -0.456 e. The van der Waals surface area contributed by atoms with Gasteiger partial charge >= 0.3 is 0 Å². The van der Waals surface area contributed by atoms with Crippen molar-refractivity contribution in [1.82, 2.24) is 0 Å². The standard InChI is InChI=1S/C30H17O2PS/c1-6-15-28-20(8-1)21-10-7-9-19(30(21)34-28)18-16-24-29-25(17-18)32-23-12-3-5-14-27(23)33(29)26-13-4-2-11-22(26)31-24/h1-17H. The first-order valence-electron chi connectivity index (χ1n) is 11.3. The molecule has 0 saturated carbocycles. The average molecular weight is 473 g/mol. The lowest BCUT2D eigenvalue weighted by Gasteiger charge is -2.34. The summed E-state index contributed by atoms with van der Waals surface area (Å²) in [6.07, 6.45) is 0. The van der Waals surface area contributed by atoms with Crippen LogP contribution in [0.4, 0.5) is 0 Å². The van der Waals surface area contributed by atoms with Gasteiger partial charge in [0.2, 0.25) is 0 Å². The molecular weight excluding hydrogens is 455 g/mol. The Hall–Kier alpha value is -3.65. The summed E-state index contributed by atoms with van der Waals surface area (Å²) in [5, 5.41) is 6.29. The van der Waals surface area contributed by atoms with Gasteiger partial charge in [0.05, 0.1) is 5.30 Å². The molecule has 5 aromatic carbocycles. The van der Waals surface area contributed by atoms with Crippen molar-refractivity contribution in [3.8, 4) is 34.1 Å². The summed E-state index contributed by atoms with van der Waals surface area (Å²) in [7, 11) is -0.731. The Bertz CT molecular complexity index is 1710. The van der Waals surface area contributed by atoms with Crippen molar-refractivity contribution in [2.24, 2.45) is 0 Å². The van der Waals surface area contributed by atoms with Crippen LogP contribution in [0.3, 0.4) is 0 Å². The van der Waals surface area contributed by atoms with Crippen LogP contribution < -0.4 is 25.4 Å². The summed E-state index contributed by atoms with van der Waals surface area (Å²) in [4.78, 5) is 0. The smallest absolute Gasteiger partial charge is 0.140 e. The first kappa shape index (κ1) is 18.7. The van der Waals surface area contributed by atoms with E-state index in [1.165, 1.54) is 41.6 Å². The summed E-state index contributed by atoms with van der Waals surface area (Å²) in [6, 6.07) is 36.5. The number of fused-ring (bicyclic) bond motifs is 7. The molecule has 8 rings (SSSR count). The number of ether oxygens (including phenoxy) is 2. The van der Waals surface area contributed by atoms with E-state index in [2.05, 4.69) is 91.0 Å². The van der Waals surface area contributed by atoms with E-state index in [-0.39, 0.29) is 0 Å². The number of thiophene rings is 1. The van der Waals surface area contributed by atoms with Crippen molar-refractivity contribution in [1.29, 1.82) is 0 Å². The Morgan fingerprint density at radius 3 is 1.91 bits per heavy atom. The lowest BCUT2D eigenvalue weighted by Crippen LogP contribution is -2.31. The van der Waals surface area contributed by atoms with E-state index in [4.69, 9.17) is 9.47 Å². The van der Waals surface area contributed by atoms with E-state index >= 15 is 0 Å². The minimum absolute atomic E-state index is 0.731. The van der Waals surface area contributed by atoms with Crippen LogP contribution >= 0.6 is 19.3 Å². The molecule has 0 aliphatic carbocycles. The third-order valence-corrected chi connectivity index (χ3v) is 10.4. The van der Waals surface area contributed by atoms with Crippen molar-refractivity contribution in [3.63, 3.8) is 0 Å². The molecule has 2 aliphatic heterocycles. The zero-order chi connectivity index (χ0) is 22.2. The molecule has 2 nitrogen and oxygen atoms in total. The van der Waals surface area contributed by atoms with E-state index in [1.807, 2.05) is 23.5 Å². The fourth-order valence-corrected chi connectivity index (χ4v) is 8.94. The molecule has 0 fully saturated rings. The van der Waals surface area contributed by atoms with Crippen molar-refractivity contribution in [3.05, 3.63) is 103 Å². The maximum atomic E-state index is 6.51. The molecule has 1 aromatic heterocycles. The van der Waals surface area contributed by atoms with Gasteiger partial charge in [-0.2, -0.15) is 0 Å². The normalized spacial score (nSPS) is 13.6. The molecular formula is C30H17O2PS. The second-order valence-electron chi connectivity index (χ2n) is 8.58. The average Bonchev–Trinajstić information content (AvgIpc) is 3.27. The number of para-hydroxylation sites is 2. The van der Waals surface area contributed by atoms with Gasteiger partial charge in [0, 0.05) is 38.7 Å². The molecule has 34 heavy (non-hydrogen) atoms. The van der Waals surface area contributed by atoms with Crippen LogP contribution in [-0.4, -0.2) is 0 Å². The highest BCUT2D eigenvalue weighted by atomic mass is 32.1. The van der Waals surface area contributed by atoms with Gasteiger partial charge in [0.15, 0.2) is 0 Å². The van der Waals surface area contributed by atoms with Crippen molar-refractivity contribution in [2.75, 3.05) is 0 Å². The molecule has 0 atom stereocenters. The largest absolute Gasteiger partial charge is 0.456 e. The molecule has 6 aromatic rings. The Balaban J connectivity index is 1.40. The monoisotopic (exact) mass is 472 g/mol. The van der Waals surface area contributed by atoms with Gasteiger partial charge in [-0.1, -0.05) is 72.8 Å². The van der Waals surface area contributed by atoms with Crippen LogP contribution in [0.5, 0.6) is 23.0 Å². The van der Waals surface area contributed by atoms with E-state index in [1.54, 1.807) is 0 Å². The fourth-order valence-electron chi connectivity index (χ4n) is 5.15. The van der Waals surface area contributed by atoms with Crippen LogP contribution in [0.2, 0.25) is 0 Å². The van der Waals surface area contributed by atoms with Gasteiger partial charge in [0.1, 0.15) is 23.0 Å². The SMILES string of the molecule is c1ccc2c(c1)Oc1cc(-c3cccc4c3sc3ccccc34)cc3c1P2c1ccccc1O3. The molecule has 2 aliphatic rings. The van der Waals surface area contributed by atoms with Crippen LogP contribution in [0.1, 0.15) is 0 Å². The maximum Gasteiger partial charge on any atom is 0.140 e. The first-order valence-corrected chi connectivity index (χ1v) is 13.4. The molecule has 0 spiro atoms. The minimum atomic E-state index is -0.731. The predicted molar refractivity (Wildman–Crippen MR) is 144 cm³/mol. The fraction of sp³-hybridized carbons (Fsp3) is 0.